The molecule has 11 heteroatoms. The van der Waals surface area contributed by atoms with E-state index in [1.165, 1.54) is 0 Å². The summed E-state index contributed by atoms with van der Waals surface area (Å²) in [6.07, 6.45) is -4.68. The summed E-state index contributed by atoms with van der Waals surface area (Å²) < 4.78 is 38.3. The Hall–Kier alpha value is -2.43. The fourth-order valence-electron chi connectivity index (χ4n) is 2.64. The summed E-state index contributed by atoms with van der Waals surface area (Å²) in [5.41, 5.74) is 1.10. The largest absolute Gasteiger partial charge is 0.453 e. The van der Waals surface area contributed by atoms with E-state index in [2.05, 4.69) is 15.1 Å². The maximum atomic E-state index is 12.6. The number of halogens is 3. The number of alkyl halides is 3. The van der Waals surface area contributed by atoms with Gasteiger partial charge in [0.15, 0.2) is 0 Å². The number of thioether (sulfide) groups is 1. The average molecular weight is 386 g/mol. The van der Waals surface area contributed by atoms with Crippen molar-refractivity contribution in [3.63, 3.8) is 0 Å². The zero-order valence-corrected chi connectivity index (χ0v) is 14.5. The van der Waals surface area contributed by atoms with Gasteiger partial charge in [-0.15, -0.1) is 10.2 Å². The molecule has 7 nitrogen and oxygen atoms in total. The molecule has 0 radical (unpaired) electrons. The van der Waals surface area contributed by atoms with Crippen molar-refractivity contribution in [2.45, 2.75) is 11.3 Å². The maximum absolute atomic E-state index is 12.6. The third kappa shape index (κ3) is 4.03. The fraction of sp³-hybridized carbons (Fsp3) is 0.400. The first-order chi connectivity index (χ1) is 12.4. The van der Waals surface area contributed by atoms with Crippen LogP contribution >= 0.6 is 11.8 Å². The molecular weight excluding hydrogens is 369 g/mol. The van der Waals surface area contributed by atoms with Gasteiger partial charge in [0.2, 0.25) is 11.1 Å². The summed E-state index contributed by atoms with van der Waals surface area (Å²) >= 11 is 0.842. The molecule has 1 aromatic heterocycles. The minimum atomic E-state index is -4.68. The molecule has 26 heavy (non-hydrogen) atoms. The second kappa shape index (κ2) is 7.44. The quantitative estimate of drug-likeness (QED) is 0.633. The number of nitrogen functional groups attached to an aromatic ring is 1. The normalized spacial score (nSPS) is 15.3. The van der Waals surface area contributed by atoms with Crippen molar-refractivity contribution in [1.82, 2.24) is 19.8 Å². The Morgan fingerprint density at radius 2 is 1.77 bits per heavy atom. The molecule has 1 aliphatic rings. The lowest BCUT2D eigenvalue weighted by atomic mass is 10.2. The van der Waals surface area contributed by atoms with E-state index in [-0.39, 0.29) is 16.8 Å². The highest BCUT2D eigenvalue weighted by Gasteiger charge is 2.38. The van der Waals surface area contributed by atoms with Crippen LogP contribution in [0.1, 0.15) is 5.82 Å². The van der Waals surface area contributed by atoms with Gasteiger partial charge >= 0.3 is 6.18 Å². The van der Waals surface area contributed by atoms with Gasteiger partial charge in [0.1, 0.15) is 0 Å². The molecule has 0 bridgehead atoms. The minimum Gasteiger partial charge on any atom is -0.368 e. The number of rotatable bonds is 4. The number of hydrogen-bond acceptors (Lipinski definition) is 6. The van der Waals surface area contributed by atoms with Gasteiger partial charge in [0.25, 0.3) is 5.82 Å². The first-order valence-electron chi connectivity index (χ1n) is 7.84. The first kappa shape index (κ1) is 18.4. The van der Waals surface area contributed by atoms with E-state index in [9.17, 15) is 18.0 Å². The number of para-hydroxylation sites is 1. The van der Waals surface area contributed by atoms with Crippen LogP contribution < -0.4 is 10.7 Å². The zero-order valence-electron chi connectivity index (χ0n) is 13.7. The maximum Gasteiger partial charge on any atom is 0.453 e. The Labute approximate surface area is 151 Å². The number of anilines is 1. The third-order valence-corrected chi connectivity index (χ3v) is 4.92. The topological polar surface area (TPSA) is 80.3 Å². The zero-order chi connectivity index (χ0) is 18.7. The van der Waals surface area contributed by atoms with Gasteiger partial charge < -0.3 is 15.6 Å². The van der Waals surface area contributed by atoms with E-state index in [0.717, 1.165) is 17.4 Å². The third-order valence-electron chi connectivity index (χ3n) is 4.00. The molecule has 0 spiro atoms. The second-order valence-electron chi connectivity index (χ2n) is 5.67. The number of piperazine rings is 1. The molecule has 0 unspecified atom stereocenters. The summed E-state index contributed by atoms with van der Waals surface area (Å²) in [5.74, 6) is 3.86. The molecule has 1 amide bonds. The number of carbonyl (C=O) groups excluding carboxylic acids is 1. The van der Waals surface area contributed by atoms with Crippen LogP contribution in [0.15, 0.2) is 35.5 Å². The van der Waals surface area contributed by atoms with Crippen molar-refractivity contribution >= 4 is 23.4 Å². The van der Waals surface area contributed by atoms with Gasteiger partial charge in [0.05, 0.1) is 5.75 Å². The number of carbonyl (C=O) groups is 1. The SMILES string of the molecule is Nn1c(SCC(=O)N2CCN(c3ccccc3)CC2)nnc1C(F)(F)F. The molecular formula is C15H17F3N6OS. The number of benzene rings is 1. The van der Waals surface area contributed by atoms with Crippen molar-refractivity contribution in [1.29, 1.82) is 0 Å². The summed E-state index contributed by atoms with van der Waals surface area (Å²) in [5, 5.41) is 6.29. The van der Waals surface area contributed by atoms with E-state index in [0.29, 0.717) is 30.9 Å². The Morgan fingerprint density at radius 3 is 2.35 bits per heavy atom. The molecule has 2 aromatic rings. The standard InChI is InChI=1S/C15H17F3N6OS/c16-15(17,18)13-20-21-14(24(13)19)26-10-12(25)23-8-6-22(7-9-23)11-4-2-1-3-5-11/h1-5H,6-10,19H2. The summed E-state index contributed by atoms with van der Waals surface area (Å²) in [4.78, 5) is 16.2. The molecule has 1 fully saturated rings. The Morgan fingerprint density at radius 1 is 1.12 bits per heavy atom. The van der Waals surface area contributed by atoms with Gasteiger partial charge in [-0.1, -0.05) is 30.0 Å². The number of nitrogens with two attached hydrogens (primary N) is 1. The highest BCUT2D eigenvalue weighted by Crippen LogP contribution is 2.29. The van der Waals surface area contributed by atoms with Gasteiger partial charge in [0, 0.05) is 31.9 Å². The first-order valence-corrected chi connectivity index (χ1v) is 8.83. The van der Waals surface area contributed by atoms with Gasteiger partial charge in [-0.25, -0.2) is 4.68 Å². The van der Waals surface area contributed by atoms with Crippen LogP contribution in [0.2, 0.25) is 0 Å². The molecule has 0 atom stereocenters. The van der Waals surface area contributed by atoms with E-state index >= 15 is 0 Å². The predicted octanol–water partition coefficient (Wildman–Crippen LogP) is 1.45. The lowest BCUT2D eigenvalue weighted by Gasteiger charge is -2.36. The van der Waals surface area contributed by atoms with Crippen molar-refractivity contribution in [3.8, 4) is 0 Å². The number of nitrogens with zero attached hydrogens (tertiary/aromatic N) is 5. The molecule has 1 aromatic carbocycles. The van der Waals surface area contributed by atoms with Crippen LogP contribution in [0.25, 0.3) is 0 Å². The van der Waals surface area contributed by atoms with Gasteiger partial charge in [-0.3, -0.25) is 4.79 Å². The molecule has 2 heterocycles. The van der Waals surface area contributed by atoms with Crippen LogP contribution in [-0.2, 0) is 11.0 Å². The highest BCUT2D eigenvalue weighted by atomic mass is 32.2. The van der Waals surface area contributed by atoms with Gasteiger partial charge in [-0.2, -0.15) is 13.2 Å². The average Bonchev–Trinajstić information content (AvgIpc) is 3.01. The van der Waals surface area contributed by atoms with Gasteiger partial charge in [-0.05, 0) is 12.1 Å². The van der Waals surface area contributed by atoms with Crippen molar-refractivity contribution in [2.24, 2.45) is 0 Å². The fourth-order valence-corrected chi connectivity index (χ4v) is 3.40. The van der Waals surface area contributed by atoms with E-state index < -0.39 is 12.0 Å². The molecule has 3 rings (SSSR count). The Kier molecular flexibility index (Phi) is 5.25. The Bertz CT molecular complexity index is 758. The van der Waals surface area contributed by atoms with Crippen LogP contribution in [0.4, 0.5) is 18.9 Å². The van der Waals surface area contributed by atoms with Crippen LogP contribution in [0.5, 0.6) is 0 Å². The minimum absolute atomic E-state index is 0.0431. The summed E-state index contributed by atoms with van der Waals surface area (Å²) in [6, 6.07) is 9.89. The Balaban J connectivity index is 1.52. The van der Waals surface area contributed by atoms with Crippen molar-refractivity contribution < 1.29 is 18.0 Å². The number of amides is 1. The summed E-state index contributed by atoms with van der Waals surface area (Å²) in [6.45, 7) is 2.51. The molecule has 140 valence electrons. The number of hydrogen-bond donors (Lipinski definition) is 1. The second-order valence-corrected chi connectivity index (χ2v) is 6.61. The monoisotopic (exact) mass is 386 g/mol. The summed E-state index contributed by atoms with van der Waals surface area (Å²) in [7, 11) is 0. The van der Waals surface area contributed by atoms with E-state index in [1.807, 2.05) is 30.3 Å². The predicted molar refractivity (Wildman–Crippen MR) is 91.1 cm³/mol. The molecule has 1 aliphatic heterocycles. The lowest BCUT2D eigenvalue weighted by Crippen LogP contribution is -2.49. The molecule has 0 saturated carbocycles. The lowest BCUT2D eigenvalue weighted by molar-refractivity contribution is -0.146. The van der Waals surface area contributed by atoms with Crippen LogP contribution in [0.3, 0.4) is 0 Å². The van der Waals surface area contributed by atoms with Crippen LogP contribution in [0, 0.1) is 0 Å². The van der Waals surface area contributed by atoms with E-state index in [4.69, 9.17) is 5.84 Å². The molecule has 2 N–H and O–H groups in total. The molecule has 1 saturated heterocycles. The highest BCUT2D eigenvalue weighted by molar-refractivity contribution is 7.99. The van der Waals surface area contributed by atoms with E-state index in [1.54, 1.807) is 4.90 Å². The molecule has 0 aliphatic carbocycles. The number of aromatic nitrogens is 3. The van der Waals surface area contributed by atoms with Crippen LogP contribution in [-0.4, -0.2) is 57.6 Å². The smallest absolute Gasteiger partial charge is 0.368 e. The van der Waals surface area contributed by atoms with Crippen molar-refractivity contribution in [3.05, 3.63) is 36.2 Å². The van der Waals surface area contributed by atoms with Crippen molar-refractivity contribution in [2.75, 3.05) is 42.7 Å².